The number of nitrogens with two attached hydrogens (primary N) is 1. The molecule has 2 aromatic rings. The van der Waals surface area contributed by atoms with Crippen molar-refractivity contribution >= 4 is 21.7 Å². The minimum atomic E-state index is 0.368. The summed E-state index contributed by atoms with van der Waals surface area (Å²) < 4.78 is 2.17. The van der Waals surface area contributed by atoms with Gasteiger partial charge in [-0.05, 0) is 35.0 Å². The molecule has 0 unspecified atom stereocenters. The summed E-state index contributed by atoms with van der Waals surface area (Å²) in [4.78, 5) is 4.27. The molecule has 16 heavy (non-hydrogen) atoms. The van der Waals surface area contributed by atoms with Crippen LogP contribution in [0.25, 0.3) is 5.82 Å². The number of aryl methyl sites for hydroxylation is 1. The van der Waals surface area contributed by atoms with E-state index in [9.17, 15) is 0 Å². The lowest BCUT2D eigenvalue weighted by atomic mass is 10.2. The predicted molar refractivity (Wildman–Crippen MR) is 62.9 cm³/mol. The number of hydrogen-bond acceptors (Lipinski definition) is 4. The molecule has 2 aromatic heterocycles. The van der Waals surface area contributed by atoms with Crippen molar-refractivity contribution in [3.63, 3.8) is 0 Å². The summed E-state index contributed by atoms with van der Waals surface area (Å²) in [6.07, 6.45) is 1.68. The Hall–Kier alpha value is -1.87. The van der Waals surface area contributed by atoms with Crippen LogP contribution in [0.1, 0.15) is 11.3 Å². The summed E-state index contributed by atoms with van der Waals surface area (Å²) in [7, 11) is 0. The zero-order chi connectivity index (χ0) is 11.7. The van der Waals surface area contributed by atoms with E-state index in [2.05, 4.69) is 32.1 Å². The van der Waals surface area contributed by atoms with Gasteiger partial charge in [0, 0.05) is 11.9 Å². The Morgan fingerprint density at radius 2 is 2.25 bits per heavy atom. The quantitative estimate of drug-likeness (QED) is 0.862. The molecule has 5 nitrogen and oxygen atoms in total. The fourth-order valence-corrected chi connectivity index (χ4v) is 1.55. The van der Waals surface area contributed by atoms with Gasteiger partial charge in [0.05, 0.1) is 10.0 Å². The van der Waals surface area contributed by atoms with E-state index in [1.54, 1.807) is 18.3 Å². The van der Waals surface area contributed by atoms with Gasteiger partial charge in [-0.15, -0.1) is 5.10 Å². The summed E-state index contributed by atoms with van der Waals surface area (Å²) in [5.41, 5.74) is 6.90. The molecule has 0 radical (unpaired) electrons. The van der Waals surface area contributed by atoms with Crippen molar-refractivity contribution in [3.05, 3.63) is 34.1 Å². The average molecular weight is 278 g/mol. The van der Waals surface area contributed by atoms with E-state index < -0.39 is 0 Å². The maximum Gasteiger partial charge on any atom is 0.171 e. The van der Waals surface area contributed by atoms with Gasteiger partial charge in [-0.1, -0.05) is 0 Å². The van der Waals surface area contributed by atoms with Gasteiger partial charge in [-0.2, -0.15) is 5.26 Å². The highest BCUT2D eigenvalue weighted by Crippen LogP contribution is 2.20. The van der Waals surface area contributed by atoms with Crippen molar-refractivity contribution < 1.29 is 0 Å². The number of rotatable bonds is 1. The van der Waals surface area contributed by atoms with Crippen LogP contribution in [0.15, 0.2) is 22.8 Å². The Labute approximate surface area is 101 Å². The van der Waals surface area contributed by atoms with Gasteiger partial charge in [0.2, 0.25) is 0 Å². The topological polar surface area (TPSA) is 80.5 Å². The van der Waals surface area contributed by atoms with Crippen LogP contribution in [0.4, 0.5) is 5.82 Å². The molecule has 0 aliphatic carbocycles. The summed E-state index contributed by atoms with van der Waals surface area (Å²) in [6.45, 7) is 1.85. The molecule has 0 aliphatic rings. The van der Waals surface area contributed by atoms with Crippen molar-refractivity contribution in [1.82, 2.24) is 14.8 Å². The number of halogens is 1. The maximum absolute atomic E-state index is 8.97. The minimum Gasteiger partial charge on any atom is -0.381 e. The number of hydrogen-bond donors (Lipinski definition) is 1. The summed E-state index contributed by atoms with van der Waals surface area (Å²) in [6, 6.07) is 5.56. The van der Waals surface area contributed by atoms with Crippen molar-refractivity contribution in [3.8, 4) is 11.9 Å². The van der Waals surface area contributed by atoms with Crippen molar-refractivity contribution in [2.45, 2.75) is 6.92 Å². The molecule has 2 heterocycles. The largest absolute Gasteiger partial charge is 0.381 e. The highest BCUT2D eigenvalue weighted by molar-refractivity contribution is 9.10. The molecule has 2 N–H and O–H groups in total. The van der Waals surface area contributed by atoms with Crippen LogP contribution < -0.4 is 5.73 Å². The van der Waals surface area contributed by atoms with Crippen molar-refractivity contribution in [1.29, 1.82) is 5.26 Å². The number of pyridine rings is 1. The highest BCUT2D eigenvalue weighted by atomic mass is 79.9. The summed E-state index contributed by atoms with van der Waals surface area (Å²) in [5.74, 6) is 0.854. The van der Waals surface area contributed by atoms with Crippen molar-refractivity contribution in [2.75, 3.05) is 5.73 Å². The van der Waals surface area contributed by atoms with Gasteiger partial charge in [-0.25, -0.2) is 9.67 Å². The third-order valence-corrected chi connectivity index (χ3v) is 2.66. The van der Waals surface area contributed by atoms with E-state index in [1.165, 1.54) is 4.68 Å². The monoisotopic (exact) mass is 277 g/mol. The van der Waals surface area contributed by atoms with Crippen LogP contribution in [-0.2, 0) is 0 Å². The molecule has 0 saturated heterocycles. The van der Waals surface area contributed by atoms with Gasteiger partial charge in [-0.3, -0.25) is 0 Å². The molecule has 6 heteroatoms. The standard InChI is InChI=1S/C10H8BrN5/c1-6-2-3-7(4-12)10(14-6)16-5-8(11)9(13)15-16/h2-3,5H,1H3,(H2,13,15). The van der Waals surface area contributed by atoms with E-state index in [1.807, 2.05) is 6.92 Å². The lowest BCUT2D eigenvalue weighted by Crippen LogP contribution is -2.03. The second-order valence-electron chi connectivity index (χ2n) is 3.24. The average Bonchev–Trinajstić information content (AvgIpc) is 2.59. The first-order chi connectivity index (χ1) is 7.61. The number of nitrogens with zero attached hydrogens (tertiary/aromatic N) is 4. The smallest absolute Gasteiger partial charge is 0.171 e. The lowest BCUT2D eigenvalue weighted by Gasteiger charge is -2.03. The van der Waals surface area contributed by atoms with Crippen LogP contribution in [0, 0.1) is 18.3 Å². The Morgan fingerprint density at radius 1 is 1.50 bits per heavy atom. The zero-order valence-electron chi connectivity index (χ0n) is 8.48. The first-order valence-electron chi connectivity index (χ1n) is 4.50. The van der Waals surface area contributed by atoms with Crippen LogP contribution in [0.2, 0.25) is 0 Å². The molecule has 0 saturated carbocycles. The fraction of sp³-hybridized carbons (Fsp3) is 0.100. The Balaban J connectivity index is 2.63. The van der Waals surface area contributed by atoms with Crippen LogP contribution >= 0.6 is 15.9 Å². The molecular formula is C10H8BrN5. The van der Waals surface area contributed by atoms with Crippen LogP contribution in [0.5, 0.6) is 0 Å². The molecule has 0 spiro atoms. The molecule has 0 fully saturated rings. The molecule has 0 amide bonds. The fourth-order valence-electron chi connectivity index (χ4n) is 1.28. The maximum atomic E-state index is 8.97. The Morgan fingerprint density at radius 3 is 2.81 bits per heavy atom. The second-order valence-corrected chi connectivity index (χ2v) is 4.10. The molecule has 0 aromatic carbocycles. The molecule has 0 bridgehead atoms. The number of aromatic nitrogens is 3. The van der Waals surface area contributed by atoms with Crippen LogP contribution in [0.3, 0.4) is 0 Å². The minimum absolute atomic E-state index is 0.368. The second kappa shape index (κ2) is 3.94. The van der Waals surface area contributed by atoms with E-state index >= 15 is 0 Å². The normalized spacial score (nSPS) is 10.1. The van der Waals surface area contributed by atoms with E-state index in [4.69, 9.17) is 11.0 Å². The summed E-state index contributed by atoms with van der Waals surface area (Å²) >= 11 is 3.26. The van der Waals surface area contributed by atoms with Crippen LogP contribution in [-0.4, -0.2) is 14.8 Å². The SMILES string of the molecule is Cc1ccc(C#N)c(-n2cc(Br)c(N)n2)n1. The van der Waals surface area contributed by atoms with E-state index in [-0.39, 0.29) is 0 Å². The van der Waals surface area contributed by atoms with Gasteiger partial charge >= 0.3 is 0 Å². The number of nitriles is 1. The highest BCUT2D eigenvalue weighted by Gasteiger charge is 2.10. The lowest BCUT2D eigenvalue weighted by molar-refractivity contribution is 0.841. The van der Waals surface area contributed by atoms with Gasteiger partial charge < -0.3 is 5.73 Å². The number of nitrogen functional groups attached to an aromatic ring is 1. The molecular weight excluding hydrogens is 270 g/mol. The third kappa shape index (κ3) is 1.77. The van der Waals surface area contributed by atoms with Gasteiger partial charge in [0.1, 0.15) is 6.07 Å². The number of anilines is 1. The van der Waals surface area contributed by atoms with Gasteiger partial charge in [0.15, 0.2) is 11.6 Å². The third-order valence-electron chi connectivity index (χ3n) is 2.05. The van der Waals surface area contributed by atoms with Crippen molar-refractivity contribution in [2.24, 2.45) is 0 Å². The molecule has 0 atom stereocenters. The van der Waals surface area contributed by atoms with Gasteiger partial charge in [0.25, 0.3) is 0 Å². The summed E-state index contributed by atoms with van der Waals surface area (Å²) in [5, 5.41) is 13.0. The molecule has 2 rings (SSSR count). The zero-order valence-corrected chi connectivity index (χ0v) is 10.1. The predicted octanol–water partition coefficient (Wildman–Crippen LogP) is 1.79. The van der Waals surface area contributed by atoms with E-state index in [0.29, 0.717) is 21.7 Å². The first kappa shape index (κ1) is 10.6. The molecule has 80 valence electrons. The Bertz CT molecular complexity index is 562. The first-order valence-corrected chi connectivity index (χ1v) is 5.30. The van der Waals surface area contributed by atoms with E-state index in [0.717, 1.165) is 5.69 Å². The Kier molecular flexibility index (Phi) is 2.62. The molecule has 0 aliphatic heterocycles.